The SMILES string of the molecule is CC(C)(C)OC(=O)N1CCc2c(ccc(N3CC[C@H](NS(=O)(=O)c4ccc5cc(Cl)ccc5c4)C3=O)c2F)C1. The van der Waals surface area contributed by atoms with E-state index in [1.165, 1.54) is 28.0 Å². The molecule has 8 nitrogen and oxygen atoms in total. The average Bonchev–Trinajstić information content (AvgIpc) is 3.21. The molecule has 11 heteroatoms. The third kappa shape index (κ3) is 5.59. The van der Waals surface area contributed by atoms with Gasteiger partial charge in [0.25, 0.3) is 0 Å². The third-order valence-corrected chi connectivity index (χ3v) is 8.55. The van der Waals surface area contributed by atoms with Gasteiger partial charge in [-0.25, -0.2) is 17.6 Å². The maximum atomic E-state index is 15.6. The maximum Gasteiger partial charge on any atom is 0.410 e. The van der Waals surface area contributed by atoms with Gasteiger partial charge in [-0.1, -0.05) is 29.8 Å². The van der Waals surface area contributed by atoms with Crippen molar-refractivity contribution >= 4 is 50.1 Å². The van der Waals surface area contributed by atoms with Gasteiger partial charge < -0.3 is 14.5 Å². The Hall–Kier alpha value is -3.21. The van der Waals surface area contributed by atoms with Crippen molar-refractivity contribution in [2.24, 2.45) is 0 Å². The highest BCUT2D eigenvalue weighted by Crippen LogP contribution is 2.32. The zero-order valence-corrected chi connectivity index (χ0v) is 23.4. The van der Waals surface area contributed by atoms with Gasteiger partial charge in [-0.15, -0.1) is 0 Å². The number of sulfonamides is 1. The minimum absolute atomic E-state index is 0.0260. The molecule has 0 unspecified atom stereocenters. The number of hydrogen-bond donors (Lipinski definition) is 1. The van der Waals surface area contributed by atoms with Crippen LogP contribution in [-0.4, -0.2) is 50.1 Å². The molecule has 0 saturated carbocycles. The number of benzene rings is 3. The van der Waals surface area contributed by atoms with Gasteiger partial charge in [-0.3, -0.25) is 4.79 Å². The standard InChI is InChI=1S/C28H29ClFN3O5S/c1-28(2,3)38-27(35)32-12-10-22-19(16-32)6-9-24(25(22)30)33-13-11-23(26(33)34)31-39(36,37)21-8-5-17-14-20(29)7-4-18(17)15-21/h4-9,14-15,23,31H,10-13,16H2,1-3H3/t23-/m0/s1. The topological polar surface area (TPSA) is 96.0 Å². The van der Waals surface area contributed by atoms with Gasteiger partial charge in [0.1, 0.15) is 11.6 Å². The van der Waals surface area contributed by atoms with Crippen molar-refractivity contribution in [1.29, 1.82) is 0 Å². The maximum absolute atomic E-state index is 15.6. The minimum atomic E-state index is -4.01. The molecular weight excluding hydrogens is 545 g/mol. The largest absolute Gasteiger partial charge is 0.444 e. The van der Waals surface area contributed by atoms with Crippen LogP contribution in [0.15, 0.2) is 53.4 Å². The van der Waals surface area contributed by atoms with E-state index in [4.69, 9.17) is 16.3 Å². The fourth-order valence-electron chi connectivity index (χ4n) is 4.94. The summed E-state index contributed by atoms with van der Waals surface area (Å²) in [6, 6.07) is 12.0. The van der Waals surface area contributed by atoms with Crippen LogP contribution in [0.1, 0.15) is 38.3 Å². The van der Waals surface area contributed by atoms with E-state index < -0.39 is 39.5 Å². The van der Waals surface area contributed by atoms with Crippen molar-refractivity contribution in [2.75, 3.05) is 18.0 Å². The van der Waals surface area contributed by atoms with Crippen LogP contribution in [0.25, 0.3) is 10.8 Å². The van der Waals surface area contributed by atoms with E-state index in [2.05, 4.69) is 4.72 Å². The lowest BCUT2D eigenvalue weighted by Crippen LogP contribution is -2.42. The predicted octanol–water partition coefficient (Wildman–Crippen LogP) is 5.01. The molecular formula is C28H29ClFN3O5S. The van der Waals surface area contributed by atoms with Crippen molar-refractivity contribution < 1.29 is 27.1 Å². The van der Waals surface area contributed by atoms with Crippen LogP contribution in [0.3, 0.4) is 0 Å². The molecule has 1 atom stereocenters. The minimum Gasteiger partial charge on any atom is -0.444 e. The summed E-state index contributed by atoms with van der Waals surface area (Å²) in [5.74, 6) is -1.04. The molecule has 2 aliphatic heterocycles. The van der Waals surface area contributed by atoms with Gasteiger partial charge in [-0.2, -0.15) is 4.72 Å². The Morgan fingerprint density at radius 3 is 2.54 bits per heavy atom. The van der Waals surface area contributed by atoms with Crippen LogP contribution >= 0.6 is 11.6 Å². The number of carbonyl (C=O) groups excluding carboxylic acids is 2. The van der Waals surface area contributed by atoms with E-state index in [0.29, 0.717) is 21.5 Å². The van der Waals surface area contributed by atoms with Crippen LogP contribution in [0.4, 0.5) is 14.9 Å². The van der Waals surface area contributed by atoms with Crippen LogP contribution in [0.5, 0.6) is 0 Å². The molecule has 0 spiro atoms. The van der Waals surface area contributed by atoms with Gasteiger partial charge >= 0.3 is 6.09 Å². The van der Waals surface area contributed by atoms with Gasteiger partial charge in [0.05, 0.1) is 10.6 Å². The Morgan fingerprint density at radius 2 is 1.79 bits per heavy atom. The van der Waals surface area contributed by atoms with Gasteiger partial charge in [0.15, 0.2) is 5.82 Å². The third-order valence-electron chi connectivity index (χ3n) is 6.84. The molecule has 2 amide bonds. The summed E-state index contributed by atoms with van der Waals surface area (Å²) in [7, 11) is -4.01. The van der Waals surface area contributed by atoms with Crippen molar-refractivity contribution in [3.8, 4) is 0 Å². The number of nitrogens with one attached hydrogen (secondary N) is 1. The van der Waals surface area contributed by atoms with Gasteiger partial charge in [-0.05, 0) is 85.8 Å². The molecule has 3 aromatic rings. The second-order valence-corrected chi connectivity index (χ2v) is 12.9. The van der Waals surface area contributed by atoms with Crippen LogP contribution in [0, 0.1) is 5.82 Å². The molecule has 0 radical (unpaired) electrons. The van der Waals surface area contributed by atoms with Crippen molar-refractivity contribution in [2.45, 2.75) is 56.7 Å². The Bertz CT molecular complexity index is 1590. The molecule has 1 N–H and O–H groups in total. The smallest absolute Gasteiger partial charge is 0.410 e. The lowest BCUT2D eigenvalue weighted by molar-refractivity contribution is -0.118. The molecule has 5 rings (SSSR count). The van der Waals surface area contributed by atoms with E-state index in [1.807, 2.05) is 0 Å². The highest BCUT2D eigenvalue weighted by molar-refractivity contribution is 7.89. The Kier molecular flexibility index (Phi) is 7.07. The van der Waals surface area contributed by atoms with E-state index in [0.717, 1.165) is 5.39 Å². The van der Waals surface area contributed by atoms with Crippen molar-refractivity contribution in [3.05, 3.63) is 70.5 Å². The second kappa shape index (κ2) is 10.1. The van der Waals surface area contributed by atoms with Crippen LogP contribution < -0.4 is 9.62 Å². The Labute approximate surface area is 231 Å². The first kappa shape index (κ1) is 27.4. The molecule has 0 aromatic heterocycles. The first-order chi connectivity index (χ1) is 18.3. The number of rotatable bonds is 4. The summed E-state index contributed by atoms with van der Waals surface area (Å²) < 4.78 is 49.7. The van der Waals surface area contributed by atoms with Crippen LogP contribution in [-0.2, 0) is 32.5 Å². The number of anilines is 1. The van der Waals surface area contributed by atoms with Gasteiger partial charge in [0.2, 0.25) is 15.9 Å². The van der Waals surface area contributed by atoms with E-state index >= 15 is 4.39 Å². The van der Waals surface area contributed by atoms with E-state index in [-0.39, 0.29) is 43.1 Å². The molecule has 1 fully saturated rings. The lowest BCUT2D eigenvalue weighted by atomic mass is 9.98. The van der Waals surface area contributed by atoms with Gasteiger partial charge in [0, 0.05) is 24.7 Å². The van der Waals surface area contributed by atoms with E-state index in [9.17, 15) is 18.0 Å². The number of carbonyl (C=O) groups is 2. The summed E-state index contributed by atoms with van der Waals surface area (Å²) in [6.45, 7) is 6.02. The predicted molar refractivity (Wildman–Crippen MR) is 147 cm³/mol. The molecule has 206 valence electrons. The number of fused-ring (bicyclic) bond motifs is 2. The quantitative estimate of drug-likeness (QED) is 0.473. The second-order valence-electron chi connectivity index (χ2n) is 10.8. The number of halogens is 2. The summed E-state index contributed by atoms with van der Waals surface area (Å²) in [4.78, 5) is 28.5. The number of ether oxygens (including phenoxy) is 1. The number of nitrogens with zero attached hydrogens (tertiary/aromatic N) is 2. The summed E-state index contributed by atoms with van der Waals surface area (Å²) in [6.07, 6.45) is 0.0154. The van der Waals surface area contributed by atoms with Crippen molar-refractivity contribution in [3.63, 3.8) is 0 Å². The number of amides is 2. The fourth-order valence-corrected chi connectivity index (χ4v) is 6.37. The Balaban J connectivity index is 1.31. The molecule has 3 aromatic carbocycles. The highest BCUT2D eigenvalue weighted by atomic mass is 35.5. The summed E-state index contributed by atoms with van der Waals surface area (Å²) in [5, 5.41) is 2.03. The first-order valence-corrected chi connectivity index (χ1v) is 14.5. The molecule has 1 saturated heterocycles. The lowest BCUT2D eigenvalue weighted by Gasteiger charge is -2.32. The molecule has 2 aliphatic rings. The average molecular weight is 574 g/mol. The fraction of sp³-hybridized carbons (Fsp3) is 0.357. The number of hydrogen-bond acceptors (Lipinski definition) is 5. The summed E-state index contributed by atoms with van der Waals surface area (Å²) >= 11 is 6.01. The normalized spacial score (nSPS) is 18.0. The molecule has 0 aliphatic carbocycles. The zero-order valence-electron chi connectivity index (χ0n) is 21.8. The van der Waals surface area contributed by atoms with E-state index in [1.54, 1.807) is 51.1 Å². The molecule has 2 heterocycles. The highest BCUT2D eigenvalue weighted by Gasteiger charge is 2.38. The van der Waals surface area contributed by atoms with Crippen molar-refractivity contribution in [1.82, 2.24) is 9.62 Å². The summed E-state index contributed by atoms with van der Waals surface area (Å²) in [5.41, 5.74) is 0.562. The first-order valence-electron chi connectivity index (χ1n) is 12.6. The zero-order chi connectivity index (χ0) is 28.1. The van der Waals surface area contributed by atoms with Crippen LogP contribution in [0.2, 0.25) is 5.02 Å². The Morgan fingerprint density at radius 1 is 1.08 bits per heavy atom. The monoisotopic (exact) mass is 573 g/mol. The molecule has 39 heavy (non-hydrogen) atoms. The molecule has 0 bridgehead atoms.